The van der Waals surface area contributed by atoms with Crippen molar-refractivity contribution in [2.45, 2.75) is 39.7 Å². The molecule has 1 N–H and O–H groups in total. The summed E-state index contributed by atoms with van der Waals surface area (Å²) in [5, 5.41) is 3.40. The van der Waals surface area contributed by atoms with E-state index in [2.05, 4.69) is 32.2 Å². The lowest BCUT2D eigenvalue weighted by Gasteiger charge is -2.16. The van der Waals surface area contributed by atoms with Crippen molar-refractivity contribution < 1.29 is 4.74 Å². The van der Waals surface area contributed by atoms with E-state index in [0.717, 1.165) is 18.8 Å². The molecule has 0 saturated heterocycles. The molecule has 0 amide bonds. The molecule has 0 spiro atoms. The number of benzene rings is 1. The van der Waals surface area contributed by atoms with E-state index in [4.69, 9.17) is 4.74 Å². The largest absolute Gasteiger partial charge is 0.489 e. The zero-order valence-electron chi connectivity index (χ0n) is 10.6. The van der Waals surface area contributed by atoms with Crippen molar-refractivity contribution in [3.05, 3.63) is 29.8 Å². The zero-order valence-corrected chi connectivity index (χ0v) is 10.6. The summed E-state index contributed by atoms with van der Waals surface area (Å²) in [6, 6.07) is 8.15. The average Bonchev–Trinajstić information content (AvgIpc) is 2.28. The third-order valence-electron chi connectivity index (χ3n) is 2.56. The van der Waals surface area contributed by atoms with E-state index in [0.29, 0.717) is 0 Å². The molecular weight excluding hydrogens is 198 g/mol. The van der Waals surface area contributed by atoms with E-state index in [1.54, 1.807) is 0 Å². The Balaban J connectivity index is 2.28. The molecular formula is C14H23NO. The SMILES string of the molecule is CCCCNCC(C)Oc1ccccc1C. The van der Waals surface area contributed by atoms with Gasteiger partial charge in [-0.15, -0.1) is 0 Å². The van der Waals surface area contributed by atoms with Crippen LogP contribution in [-0.4, -0.2) is 19.2 Å². The minimum Gasteiger partial charge on any atom is -0.489 e. The maximum atomic E-state index is 5.86. The van der Waals surface area contributed by atoms with Gasteiger partial charge in [-0.25, -0.2) is 0 Å². The Morgan fingerprint density at radius 1 is 1.31 bits per heavy atom. The van der Waals surface area contributed by atoms with Crippen LogP contribution in [0.25, 0.3) is 0 Å². The zero-order chi connectivity index (χ0) is 11.8. The molecule has 1 unspecified atom stereocenters. The van der Waals surface area contributed by atoms with Gasteiger partial charge in [0.15, 0.2) is 0 Å². The Labute approximate surface area is 99.0 Å². The van der Waals surface area contributed by atoms with E-state index in [9.17, 15) is 0 Å². The highest BCUT2D eigenvalue weighted by Gasteiger charge is 2.04. The monoisotopic (exact) mass is 221 g/mol. The summed E-state index contributed by atoms with van der Waals surface area (Å²) in [4.78, 5) is 0. The second-order valence-corrected chi connectivity index (χ2v) is 4.25. The summed E-state index contributed by atoms with van der Waals surface area (Å²) < 4.78 is 5.86. The maximum Gasteiger partial charge on any atom is 0.122 e. The molecule has 1 atom stereocenters. The summed E-state index contributed by atoms with van der Waals surface area (Å²) in [5.74, 6) is 0.993. The van der Waals surface area contributed by atoms with Gasteiger partial charge in [0.05, 0.1) is 0 Å². The van der Waals surface area contributed by atoms with Gasteiger partial charge in [0.2, 0.25) is 0 Å². The predicted octanol–water partition coefficient (Wildman–Crippen LogP) is 3.15. The van der Waals surface area contributed by atoms with Crippen LogP contribution in [-0.2, 0) is 0 Å². The summed E-state index contributed by atoms with van der Waals surface area (Å²) in [5.41, 5.74) is 1.20. The van der Waals surface area contributed by atoms with Crippen LogP contribution in [0, 0.1) is 6.92 Å². The molecule has 0 aliphatic rings. The van der Waals surface area contributed by atoms with Gasteiger partial charge in [0, 0.05) is 6.54 Å². The number of hydrogen-bond donors (Lipinski definition) is 1. The molecule has 1 rings (SSSR count). The van der Waals surface area contributed by atoms with Crippen LogP contribution in [0.2, 0.25) is 0 Å². The molecule has 90 valence electrons. The van der Waals surface area contributed by atoms with Crippen molar-refractivity contribution in [2.24, 2.45) is 0 Å². The highest BCUT2D eigenvalue weighted by molar-refractivity contribution is 5.31. The van der Waals surface area contributed by atoms with Gasteiger partial charge in [0.1, 0.15) is 11.9 Å². The fourth-order valence-corrected chi connectivity index (χ4v) is 1.55. The van der Waals surface area contributed by atoms with Crippen LogP contribution in [0.4, 0.5) is 0 Å². The first-order valence-electron chi connectivity index (χ1n) is 6.17. The van der Waals surface area contributed by atoms with Crippen molar-refractivity contribution in [1.29, 1.82) is 0 Å². The smallest absolute Gasteiger partial charge is 0.122 e. The topological polar surface area (TPSA) is 21.3 Å². The average molecular weight is 221 g/mol. The van der Waals surface area contributed by atoms with Crippen molar-refractivity contribution in [3.8, 4) is 5.75 Å². The minimum atomic E-state index is 0.220. The Hall–Kier alpha value is -1.02. The number of nitrogens with one attached hydrogen (secondary N) is 1. The summed E-state index contributed by atoms with van der Waals surface area (Å²) in [7, 11) is 0. The van der Waals surface area contributed by atoms with Crippen LogP contribution in [0.15, 0.2) is 24.3 Å². The van der Waals surface area contributed by atoms with Gasteiger partial charge >= 0.3 is 0 Å². The second-order valence-electron chi connectivity index (χ2n) is 4.25. The normalized spacial score (nSPS) is 12.4. The first-order chi connectivity index (χ1) is 7.74. The number of ether oxygens (including phenoxy) is 1. The Bertz CT molecular complexity index is 299. The number of aryl methyl sites for hydroxylation is 1. The van der Waals surface area contributed by atoms with Crippen molar-refractivity contribution in [3.63, 3.8) is 0 Å². The van der Waals surface area contributed by atoms with E-state index < -0.39 is 0 Å². The van der Waals surface area contributed by atoms with E-state index in [-0.39, 0.29) is 6.10 Å². The van der Waals surface area contributed by atoms with Crippen LogP contribution in [0.1, 0.15) is 32.3 Å². The van der Waals surface area contributed by atoms with Gasteiger partial charge in [-0.2, -0.15) is 0 Å². The Morgan fingerprint density at radius 2 is 2.06 bits per heavy atom. The molecule has 1 aromatic carbocycles. The standard InChI is InChI=1S/C14H23NO/c1-4-5-10-15-11-13(3)16-14-9-7-6-8-12(14)2/h6-9,13,15H,4-5,10-11H2,1-3H3. The summed E-state index contributed by atoms with van der Waals surface area (Å²) >= 11 is 0. The Kier molecular flexibility index (Phi) is 5.94. The second kappa shape index (κ2) is 7.29. The number of unbranched alkanes of at least 4 members (excludes halogenated alkanes) is 1. The van der Waals surface area contributed by atoms with E-state index >= 15 is 0 Å². The molecule has 0 radical (unpaired) electrons. The predicted molar refractivity (Wildman–Crippen MR) is 69.0 cm³/mol. The highest BCUT2D eigenvalue weighted by Crippen LogP contribution is 2.17. The van der Waals surface area contributed by atoms with Crippen LogP contribution in [0.3, 0.4) is 0 Å². The summed E-state index contributed by atoms with van der Waals surface area (Å²) in [6.07, 6.45) is 2.69. The quantitative estimate of drug-likeness (QED) is 0.714. The Morgan fingerprint density at radius 3 is 2.75 bits per heavy atom. The molecule has 0 heterocycles. The fraction of sp³-hybridized carbons (Fsp3) is 0.571. The number of hydrogen-bond acceptors (Lipinski definition) is 2. The molecule has 16 heavy (non-hydrogen) atoms. The lowest BCUT2D eigenvalue weighted by Crippen LogP contribution is -2.29. The van der Waals surface area contributed by atoms with Gasteiger partial charge in [0.25, 0.3) is 0 Å². The lowest BCUT2D eigenvalue weighted by atomic mass is 10.2. The van der Waals surface area contributed by atoms with Gasteiger partial charge in [-0.3, -0.25) is 0 Å². The molecule has 0 aromatic heterocycles. The third kappa shape index (κ3) is 4.67. The van der Waals surface area contributed by atoms with E-state index in [1.807, 2.05) is 18.2 Å². The van der Waals surface area contributed by atoms with Gasteiger partial charge < -0.3 is 10.1 Å². The van der Waals surface area contributed by atoms with Crippen LogP contribution in [0.5, 0.6) is 5.75 Å². The first-order valence-corrected chi connectivity index (χ1v) is 6.17. The molecule has 0 aliphatic heterocycles. The first kappa shape index (κ1) is 13.0. The fourth-order valence-electron chi connectivity index (χ4n) is 1.55. The molecule has 0 saturated carbocycles. The van der Waals surface area contributed by atoms with Crippen molar-refractivity contribution in [2.75, 3.05) is 13.1 Å². The van der Waals surface area contributed by atoms with Crippen LogP contribution >= 0.6 is 0 Å². The maximum absolute atomic E-state index is 5.86. The van der Waals surface area contributed by atoms with Gasteiger partial charge in [-0.05, 0) is 38.4 Å². The summed E-state index contributed by atoms with van der Waals surface area (Å²) in [6.45, 7) is 8.37. The number of rotatable bonds is 7. The van der Waals surface area contributed by atoms with Gasteiger partial charge in [-0.1, -0.05) is 31.5 Å². The number of para-hydroxylation sites is 1. The highest BCUT2D eigenvalue weighted by atomic mass is 16.5. The molecule has 0 bridgehead atoms. The van der Waals surface area contributed by atoms with Crippen molar-refractivity contribution in [1.82, 2.24) is 5.32 Å². The van der Waals surface area contributed by atoms with E-state index in [1.165, 1.54) is 18.4 Å². The minimum absolute atomic E-state index is 0.220. The molecule has 1 aromatic rings. The van der Waals surface area contributed by atoms with Crippen LogP contribution < -0.4 is 10.1 Å². The molecule has 2 heteroatoms. The molecule has 0 fully saturated rings. The third-order valence-corrected chi connectivity index (χ3v) is 2.56. The lowest BCUT2D eigenvalue weighted by molar-refractivity contribution is 0.216. The molecule has 0 aliphatic carbocycles. The molecule has 2 nitrogen and oxygen atoms in total. The van der Waals surface area contributed by atoms with Crippen molar-refractivity contribution >= 4 is 0 Å².